The van der Waals surface area contributed by atoms with E-state index >= 15 is 4.39 Å². The van der Waals surface area contributed by atoms with Crippen LogP contribution in [0.4, 0.5) is 4.39 Å². The van der Waals surface area contributed by atoms with Crippen molar-refractivity contribution in [1.82, 2.24) is 19.7 Å². The first-order valence-electron chi connectivity index (χ1n) is 12.4. The number of ether oxygens (including phenoxy) is 2. The second-order valence-electron chi connectivity index (χ2n) is 9.40. The highest BCUT2D eigenvalue weighted by atomic mass is 19.1. The lowest BCUT2D eigenvalue weighted by molar-refractivity contribution is 0.0691. The van der Waals surface area contributed by atoms with Crippen molar-refractivity contribution in [2.75, 3.05) is 13.2 Å². The smallest absolute Gasteiger partial charge is 0.350 e. The molecule has 0 radical (unpaired) electrons. The molecule has 1 aliphatic carbocycles. The monoisotopic (exact) mass is 474 g/mol. The molecule has 2 heterocycles. The fraction of sp³-hybridized carbons (Fsp3) is 0.640. The molecule has 1 aromatic carbocycles. The first-order valence-corrected chi connectivity index (χ1v) is 12.4. The maximum atomic E-state index is 15.3. The van der Waals surface area contributed by atoms with Crippen LogP contribution in [0.3, 0.4) is 0 Å². The highest BCUT2D eigenvalue weighted by Crippen LogP contribution is 2.32. The summed E-state index contributed by atoms with van der Waals surface area (Å²) in [6.45, 7) is 5.05. The molecule has 0 bridgehead atoms. The number of aromatic nitrogens is 3. The van der Waals surface area contributed by atoms with Gasteiger partial charge in [-0.1, -0.05) is 26.2 Å². The Morgan fingerprint density at radius 1 is 1.24 bits per heavy atom. The van der Waals surface area contributed by atoms with Crippen LogP contribution in [-0.2, 0) is 18.2 Å². The molecule has 0 spiro atoms. The Labute approximate surface area is 199 Å². The third kappa shape index (κ3) is 5.19. The Kier molecular flexibility index (Phi) is 7.70. The predicted molar refractivity (Wildman–Crippen MR) is 126 cm³/mol. The van der Waals surface area contributed by atoms with Gasteiger partial charge >= 0.3 is 5.69 Å². The average Bonchev–Trinajstić information content (AvgIpc) is 3.14. The van der Waals surface area contributed by atoms with Crippen molar-refractivity contribution in [2.45, 2.75) is 77.4 Å². The zero-order valence-corrected chi connectivity index (χ0v) is 20.3. The van der Waals surface area contributed by atoms with E-state index in [0.29, 0.717) is 44.2 Å². The fourth-order valence-electron chi connectivity index (χ4n) is 4.93. The lowest BCUT2D eigenvalue weighted by Crippen LogP contribution is -2.39. The number of halogens is 1. The van der Waals surface area contributed by atoms with E-state index in [4.69, 9.17) is 9.47 Å². The maximum Gasteiger partial charge on any atom is 0.350 e. The van der Waals surface area contributed by atoms with Crippen molar-refractivity contribution in [3.05, 3.63) is 39.8 Å². The zero-order chi connectivity index (χ0) is 24.2. The summed E-state index contributed by atoms with van der Waals surface area (Å²) in [6, 6.07) is 2.58. The van der Waals surface area contributed by atoms with Gasteiger partial charge in [0.15, 0.2) is 0 Å². The lowest BCUT2D eigenvalue weighted by Gasteiger charge is -2.29. The Morgan fingerprint density at radius 3 is 2.59 bits per heavy atom. The van der Waals surface area contributed by atoms with Crippen LogP contribution in [0.5, 0.6) is 5.75 Å². The van der Waals surface area contributed by atoms with Crippen LogP contribution in [-0.4, -0.2) is 45.6 Å². The molecule has 1 N–H and O–H groups in total. The van der Waals surface area contributed by atoms with E-state index in [1.807, 2.05) is 13.8 Å². The lowest BCUT2D eigenvalue weighted by atomic mass is 9.86. The van der Waals surface area contributed by atoms with Gasteiger partial charge in [0.2, 0.25) is 0 Å². The van der Waals surface area contributed by atoms with Crippen LogP contribution in [0.2, 0.25) is 0 Å². The second-order valence-corrected chi connectivity index (χ2v) is 9.40. The highest BCUT2D eigenvalue weighted by molar-refractivity contribution is 5.97. The van der Waals surface area contributed by atoms with Gasteiger partial charge < -0.3 is 14.8 Å². The van der Waals surface area contributed by atoms with E-state index in [9.17, 15) is 9.59 Å². The molecule has 1 aliphatic heterocycles. The fourth-order valence-corrected chi connectivity index (χ4v) is 4.93. The molecule has 34 heavy (non-hydrogen) atoms. The molecule has 1 amide bonds. The van der Waals surface area contributed by atoms with Crippen molar-refractivity contribution >= 4 is 5.91 Å². The summed E-state index contributed by atoms with van der Waals surface area (Å²) in [4.78, 5) is 25.9. The second kappa shape index (κ2) is 10.7. The number of hydrogen-bond donors (Lipinski definition) is 1. The van der Waals surface area contributed by atoms with E-state index in [0.717, 1.165) is 30.4 Å². The molecular weight excluding hydrogens is 439 g/mol. The molecule has 186 valence electrons. The van der Waals surface area contributed by atoms with E-state index in [1.165, 1.54) is 23.1 Å². The van der Waals surface area contributed by atoms with Crippen LogP contribution >= 0.6 is 0 Å². The number of carbonyl (C=O) groups excluding carboxylic acids is 1. The molecule has 1 atom stereocenters. The van der Waals surface area contributed by atoms with E-state index < -0.39 is 11.5 Å². The third-order valence-electron chi connectivity index (χ3n) is 7.09. The van der Waals surface area contributed by atoms with Gasteiger partial charge in [-0.25, -0.2) is 9.18 Å². The summed E-state index contributed by atoms with van der Waals surface area (Å²) < 4.78 is 29.4. The summed E-state index contributed by atoms with van der Waals surface area (Å²) in [5.41, 5.74) is -0.328. The molecule has 1 saturated carbocycles. The number of rotatable bonds is 7. The average molecular weight is 475 g/mol. The first-order chi connectivity index (χ1) is 16.4. The van der Waals surface area contributed by atoms with Crippen LogP contribution in [0, 0.1) is 11.7 Å². The number of nitrogens with zero attached hydrogens (tertiary/aromatic N) is 3. The quantitative estimate of drug-likeness (QED) is 0.663. The zero-order valence-electron chi connectivity index (χ0n) is 20.3. The molecule has 2 aliphatic rings. The largest absolute Gasteiger partial charge is 0.490 e. The van der Waals surface area contributed by atoms with Gasteiger partial charge in [0.1, 0.15) is 23.1 Å². The minimum atomic E-state index is -0.697. The Bertz CT molecular complexity index is 1070. The van der Waals surface area contributed by atoms with Crippen LogP contribution < -0.4 is 15.7 Å². The standard InChI is InChI=1S/C25H35FN4O4/c1-4-23-28-30(25(32)29(23)3)21-15-22(34-16(2)17-8-6-5-7-9-17)19(14-20(21)26)24(31)27-18-10-12-33-13-11-18/h14-18H,4-13H2,1-3H3,(H,27,31)/t16-/m0/s1. The first kappa shape index (κ1) is 24.4. The van der Waals surface area contributed by atoms with Gasteiger partial charge in [0, 0.05) is 38.8 Å². The minimum absolute atomic E-state index is 0.0197. The number of aryl methyl sites for hydroxylation is 1. The van der Waals surface area contributed by atoms with Gasteiger partial charge in [-0.3, -0.25) is 9.36 Å². The van der Waals surface area contributed by atoms with Crippen LogP contribution in [0.15, 0.2) is 16.9 Å². The van der Waals surface area contributed by atoms with Crippen LogP contribution in [0.1, 0.15) is 75.0 Å². The van der Waals surface area contributed by atoms with Gasteiger partial charge in [0.25, 0.3) is 5.91 Å². The van der Waals surface area contributed by atoms with E-state index in [2.05, 4.69) is 10.4 Å². The number of hydrogen-bond acceptors (Lipinski definition) is 5. The SMILES string of the molecule is CCc1nn(-c2cc(O[C@@H](C)C3CCCCC3)c(C(=O)NC3CCOCC3)cc2F)c(=O)n1C. The van der Waals surface area contributed by atoms with Crippen molar-refractivity contribution in [2.24, 2.45) is 13.0 Å². The molecule has 9 heteroatoms. The van der Waals surface area contributed by atoms with Gasteiger partial charge in [0.05, 0.1) is 11.7 Å². The number of nitrogens with one attached hydrogen (secondary N) is 1. The molecule has 0 unspecified atom stereocenters. The molecular formula is C25H35FN4O4. The third-order valence-corrected chi connectivity index (χ3v) is 7.09. The van der Waals surface area contributed by atoms with Crippen molar-refractivity contribution < 1.29 is 18.7 Å². The number of carbonyl (C=O) groups is 1. The highest BCUT2D eigenvalue weighted by Gasteiger charge is 2.27. The normalized spacial score (nSPS) is 18.6. The van der Waals surface area contributed by atoms with Gasteiger partial charge in [-0.05, 0) is 44.6 Å². The topological polar surface area (TPSA) is 87.4 Å². The molecule has 2 aromatic rings. The maximum absolute atomic E-state index is 15.3. The number of amides is 1. The Hall–Kier alpha value is -2.68. The van der Waals surface area contributed by atoms with Gasteiger partial charge in [-0.2, -0.15) is 4.68 Å². The van der Waals surface area contributed by atoms with Crippen molar-refractivity contribution in [3.8, 4) is 11.4 Å². The molecule has 8 nitrogen and oxygen atoms in total. The minimum Gasteiger partial charge on any atom is -0.490 e. The summed E-state index contributed by atoms with van der Waals surface area (Å²) >= 11 is 0. The molecule has 2 fully saturated rings. The Morgan fingerprint density at radius 2 is 1.94 bits per heavy atom. The molecule has 1 aromatic heterocycles. The Balaban J connectivity index is 1.70. The summed E-state index contributed by atoms with van der Waals surface area (Å²) in [7, 11) is 1.61. The van der Waals surface area contributed by atoms with Crippen molar-refractivity contribution in [1.29, 1.82) is 0 Å². The van der Waals surface area contributed by atoms with Crippen LogP contribution in [0.25, 0.3) is 5.69 Å². The van der Waals surface area contributed by atoms with E-state index in [1.54, 1.807) is 7.05 Å². The molecule has 4 rings (SSSR count). The summed E-state index contributed by atoms with van der Waals surface area (Å²) in [5.74, 6) is 0.111. The predicted octanol–water partition coefficient (Wildman–Crippen LogP) is 3.53. The summed E-state index contributed by atoms with van der Waals surface area (Å²) in [5, 5.41) is 7.29. The van der Waals surface area contributed by atoms with Crippen molar-refractivity contribution in [3.63, 3.8) is 0 Å². The summed E-state index contributed by atoms with van der Waals surface area (Å²) in [6.07, 6.45) is 7.50. The van der Waals surface area contributed by atoms with Gasteiger partial charge in [-0.15, -0.1) is 5.10 Å². The number of benzene rings is 1. The van der Waals surface area contributed by atoms with E-state index in [-0.39, 0.29) is 35.1 Å². The molecule has 1 saturated heterocycles.